The zero-order valence-electron chi connectivity index (χ0n) is 13.1. The first-order chi connectivity index (χ1) is 9.28. The van der Waals surface area contributed by atoms with Crippen molar-refractivity contribution in [3.05, 3.63) is 0 Å². The van der Waals surface area contributed by atoms with Gasteiger partial charge in [-0.1, -0.05) is 27.7 Å². The fourth-order valence-corrected chi connectivity index (χ4v) is 3.38. The lowest BCUT2D eigenvalue weighted by atomic mass is 9.76. The molecule has 0 bridgehead atoms. The average molecular weight is 294 g/mol. The fourth-order valence-electron chi connectivity index (χ4n) is 3.38. The van der Waals surface area contributed by atoms with Gasteiger partial charge in [0, 0.05) is 12.1 Å². The van der Waals surface area contributed by atoms with Crippen molar-refractivity contribution in [2.24, 2.45) is 11.8 Å². The maximum Gasteiger partial charge on any atom is 0.401 e. The molecule has 0 saturated heterocycles. The standard InChI is InChI=1S/C15H29F3N2/c1-5-19-13-8-7-12(11(3)4)9-14(13)20(6-2)10-15(16,17)18/h11-14,19H,5-10H2,1-4H3. The zero-order valence-corrected chi connectivity index (χ0v) is 13.1. The molecule has 0 radical (unpaired) electrons. The summed E-state index contributed by atoms with van der Waals surface area (Å²) in [6, 6.07) is 0.194. The summed E-state index contributed by atoms with van der Waals surface area (Å²) in [6.07, 6.45) is -1.14. The molecule has 0 amide bonds. The first-order valence-electron chi connectivity index (χ1n) is 7.82. The molecule has 0 aliphatic heterocycles. The Morgan fingerprint density at radius 2 is 1.85 bits per heavy atom. The van der Waals surface area contributed by atoms with Gasteiger partial charge in [-0.25, -0.2) is 0 Å². The highest BCUT2D eigenvalue weighted by Gasteiger charge is 2.39. The van der Waals surface area contributed by atoms with Gasteiger partial charge in [0.25, 0.3) is 0 Å². The molecular weight excluding hydrogens is 265 g/mol. The van der Waals surface area contributed by atoms with Crippen LogP contribution in [0.3, 0.4) is 0 Å². The van der Waals surface area contributed by atoms with E-state index < -0.39 is 12.7 Å². The minimum Gasteiger partial charge on any atom is -0.313 e. The zero-order chi connectivity index (χ0) is 15.3. The lowest BCUT2D eigenvalue weighted by Crippen LogP contribution is -2.55. The Morgan fingerprint density at radius 3 is 2.30 bits per heavy atom. The molecule has 1 aliphatic rings. The third kappa shape index (κ3) is 5.24. The molecule has 3 atom stereocenters. The normalized spacial score (nSPS) is 28.4. The molecule has 0 aromatic carbocycles. The Bertz CT molecular complexity index is 279. The summed E-state index contributed by atoms with van der Waals surface area (Å²) in [4.78, 5) is 1.61. The SMILES string of the molecule is CCNC1CCC(C(C)C)CC1N(CC)CC(F)(F)F. The molecule has 120 valence electrons. The predicted octanol–water partition coefficient (Wildman–Crippen LogP) is 3.67. The molecule has 3 unspecified atom stereocenters. The summed E-state index contributed by atoms with van der Waals surface area (Å²) in [5, 5.41) is 3.39. The van der Waals surface area contributed by atoms with Gasteiger partial charge < -0.3 is 5.32 Å². The third-order valence-electron chi connectivity index (χ3n) is 4.52. The number of alkyl halides is 3. The van der Waals surface area contributed by atoms with E-state index in [2.05, 4.69) is 19.2 Å². The monoisotopic (exact) mass is 294 g/mol. The van der Waals surface area contributed by atoms with E-state index in [9.17, 15) is 13.2 Å². The molecule has 2 nitrogen and oxygen atoms in total. The van der Waals surface area contributed by atoms with Gasteiger partial charge in [-0.05, 0) is 44.2 Å². The Kier molecular flexibility index (Phi) is 6.79. The molecule has 20 heavy (non-hydrogen) atoms. The Morgan fingerprint density at radius 1 is 1.20 bits per heavy atom. The maximum absolute atomic E-state index is 12.8. The molecule has 1 aliphatic carbocycles. The van der Waals surface area contributed by atoms with Gasteiger partial charge in [0.1, 0.15) is 0 Å². The van der Waals surface area contributed by atoms with Gasteiger partial charge in [0.05, 0.1) is 6.54 Å². The van der Waals surface area contributed by atoms with Crippen LogP contribution in [0.4, 0.5) is 13.2 Å². The van der Waals surface area contributed by atoms with Crippen molar-refractivity contribution in [1.82, 2.24) is 10.2 Å². The summed E-state index contributed by atoms with van der Waals surface area (Å²) in [6.45, 7) is 8.68. The average Bonchev–Trinajstić information content (AvgIpc) is 2.35. The van der Waals surface area contributed by atoms with Gasteiger partial charge in [-0.3, -0.25) is 4.90 Å². The van der Waals surface area contributed by atoms with Crippen LogP contribution in [0.25, 0.3) is 0 Å². The molecule has 1 saturated carbocycles. The molecule has 1 fully saturated rings. The van der Waals surface area contributed by atoms with Crippen molar-refractivity contribution in [2.75, 3.05) is 19.6 Å². The van der Waals surface area contributed by atoms with Crippen LogP contribution >= 0.6 is 0 Å². The van der Waals surface area contributed by atoms with E-state index in [4.69, 9.17) is 0 Å². The van der Waals surface area contributed by atoms with Gasteiger partial charge in [0.2, 0.25) is 0 Å². The molecular formula is C15H29F3N2. The second kappa shape index (κ2) is 7.64. The molecule has 0 aromatic heterocycles. The van der Waals surface area contributed by atoms with E-state index in [-0.39, 0.29) is 12.1 Å². The second-order valence-electron chi connectivity index (χ2n) is 6.23. The van der Waals surface area contributed by atoms with E-state index in [1.54, 1.807) is 4.90 Å². The lowest BCUT2D eigenvalue weighted by Gasteiger charge is -2.44. The van der Waals surface area contributed by atoms with Crippen LogP contribution in [0.2, 0.25) is 0 Å². The molecule has 0 aromatic rings. The highest BCUT2D eigenvalue weighted by Crippen LogP contribution is 2.34. The Hall–Kier alpha value is -0.290. The molecule has 1 rings (SSSR count). The van der Waals surface area contributed by atoms with Crippen LogP contribution in [-0.4, -0.2) is 42.8 Å². The number of rotatable bonds is 6. The topological polar surface area (TPSA) is 15.3 Å². The van der Waals surface area contributed by atoms with Crippen molar-refractivity contribution >= 4 is 0 Å². The fraction of sp³-hybridized carbons (Fsp3) is 1.00. The number of nitrogens with zero attached hydrogens (tertiary/aromatic N) is 1. The van der Waals surface area contributed by atoms with Crippen molar-refractivity contribution in [1.29, 1.82) is 0 Å². The van der Waals surface area contributed by atoms with E-state index in [0.717, 1.165) is 25.8 Å². The van der Waals surface area contributed by atoms with E-state index in [1.807, 2.05) is 13.8 Å². The minimum absolute atomic E-state index is 0.00252. The van der Waals surface area contributed by atoms with E-state index in [1.165, 1.54) is 0 Å². The first-order valence-corrected chi connectivity index (χ1v) is 7.82. The highest BCUT2D eigenvalue weighted by atomic mass is 19.4. The highest BCUT2D eigenvalue weighted by molar-refractivity contribution is 4.92. The largest absolute Gasteiger partial charge is 0.401 e. The summed E-state index contributed by atoms with van der Waals surface area (Å²) in [7, 11) is 0. The van der Waals surface area contributed by atoms with Crippen LogP contribution < -0.4 is 5.32 Å². The Balaban J connectivity index is 2.80. The number of nitrogens with one attached hydrogen (secondary N) is 1. The van der Waals surface area contributed by atoms with Crippen LogP contribution in [0.1, 0.15) is 47.0 Å². The summed E-state index contributed by atoms with van der Waals surface area (Å²) in [5.41, 5.74) is 0. The Labute approximate surface area is 121 Å². The number of likely N-dealkylation sites (N-methyl/N-ethyl adjacent to an activating group) is 2. The third-order valence-corrected chi connectivity index (χ3v) is 4.52. The summed E-state index contributed by atoms with van der Waals surface area (Å²) >= 11 is 0. The lowest BCUT2D eigenvalue weighted by molar-refractivity contribution is -0.154. The van der Waals surface area contributed by atoms with Crippen LogP contribution in [0.15, 0.2) is 0 Å². The van der Waals surface area contributed by atoms with Crippen molar-refractivity contribution in [3.63, 3.8) is 0 Å². The van der Waals surface area contributed by atoms with Gasteiger partial charge in [-0.15, -0.1) is 0 Å². The molecule has 5 heteroatoms. The summed E-state index contributed by atoms with van der Waals surface area (Å²) < 4.78 is 38.3. The minimum atomic E-state index is -4.11. The predicted molar refractivity (Wildman–Crippen MR) is 76.7 cm³/mol. The second-order valence-corrected chi connectivity index (χ2v) is 6.23. The van der Waals surface area contributed by atoms with Crippen LogP contribution in [0, 0.1) is 11.8 Å². The van der Waals surface area contributed by atoms with E-state index in [0.29, 0.717) is 18.4 Å². The van der Waals surface area contributed by atoms with Gasteiger partial charge in [-0.2, -0.15) is 13.2 Å². The van der Waals surface area contributed by atoms with Crippen LogP contribution in [-0.2, 0) is 0 Å². The maximum atomic E-state index is 12.8. The molecule has 0 heterocycles. The van der Waals surface area contributed by atoms with Crippen molar-refractivity contribution in [3.8, 4) is 0 Å². The number of hydrogen-bond donors (Lipinski definition) is 1. The number of halogens is 3. The van der Waals surface area contributed by atoms with Gasteiger partial charge >= 0.3 is 6.18 Å². The molecule has 1 N–H and O–H groups in total. The van der Waals surface area contributed by atoms with Crippen molar-refractivity contribution in [2.45, 2.75) is 65.2 Å². The number of hydrogen-bond acceptors (Lipinski definition) is 2. The van der Waals surface area contributed by atoms with Gasteiger partial charge in [0.15, 0.2) is 0 Å². The molecule has 0 spiro atoms. The van der Waals surface area contributed by atoms with E-state index >= 15 is 0 Å². The van der Waals surface area contributed by atoms with Crippen LogP contribution in [0.5, 0.6) is 0 Å². The first kappa shape index (κ1) is 17.8. The quantitative estimate of drug-likeness (QED) is 0.804. The summed E-state index contributed by atoms with van der Waals surface area (Å²) in [5.74, 6) is 1.09. The smallest absolute Gasteiger partial charge is 0.313 e. The van der Waals surface area contributed by atoms with Crippen molar-refractivity contribution < 1.29 is 13.2 Å².